The van der Waals surface area contributed by atoms with E-state index in [-0.39, 0.29) is 19.8 Å². The molecule has 8 nitrogen and oxygen atoms in total. The van der Waals surface area contributed by atoms with Gasteiger partial charge >= 0.3 is 23.9 Å². The molecule has 0 bridgehead atoms. The minimum absolute atomic E-state index is 0.238. The number of carbonyl (C=O) groups excluding carboxylic acids is 3. The largest absolute Gasteiger partial charge is 0.480 e. The first-order valence-corrected chi connectivity index (χ1v) is 9.51. The van der Waals surface area contributed by atoms with E-state index in [1.54, 1.807) is 20.8 Å². The molecule has 2 saturated carbocycles. The molecule has 0 saturated heterocycles. The Balaban J connectivity index is 0.000000283. The standard InChI is InChI=1S/C11H16O4.C9H14O4/c1-4-14-9(12)11(6-8(3)7-11)10(13)15-5-2;1-3-13-8(12)9(7(10)11)4-6(2)5-9/h3-7H2,1-2H3;6H,3-5H2,1-2H3,(H,10,11). The first kappa shape index (κ1) is 23.7. The fraction of sp³-hybridized carbons (Fsp3) is 0.700. The molecule has 0 heterocycles. The summed E-state index contributed by atoms with van der Waals surface area (Å²) in [6, 6.07) is 0. The zero-order chi connectivity index (χ0) is 21.5. The molecule has 2 rings (SSSR count). The normalized spacial score (nSPS) is 24.4. The fourth-order valence-electron chi connectivity index (χ4n) is 3.54. The van der Waals surface area contributed by atoms with Gasteiger partial charge in [0.15, 0.2) is 10.8 Å². The van der Waals surface area contributed by atoms with E-state index in [4.69, 9.17) is 19.3 Å². The number of carboxylic acids is 1. The molecule has 8 heteroatoms. The van der Waals surface area contributed by atoms with Gasteiger partial charge in [-0.25, -0.2) is 0 Å². The highest BCUT2D eigenvalue weighted by Gasteiger charge is 2.56. The van der Waals surface area contributed by atoms with Crippen molar-refractivity contribution in [3.05, 3.63) is 12.2 Å². The second kappa shape index (κ2) is 9.71. The Morgan fingerprint density at radius 3 is 1.50 bits per heavy atom. The highest BCUT2D eigenvalue weighted by Crippen LogP contribution is 2.47. The quantitative estimate of drug-likeness (QED) is 0.301. The van der Waals surface area contributed by atoms with E-state index in [2.05, 4.69) is 6.58 Å². The predicted molar refractivity (Wildman–Crippen MR) is 99.2 cm³/mol. The Labute approximate surface area is 165 Å². The molecule has 0 unspecified atom stereocenters. The molecule has 0 amide bonds. The van der Waals surface area contributed by atoms with E-state index in [1.165, 1.54) is 0 Å². The summed E-state index contributed by atoms with van der Waals surface area (Å²) in [6.45, 7) is 11.5. The molecule has 2 aliphatic rings. The van der Waals surface area contributed by atoms with Crippen molar-refractivity contribution < 1.29 is 38.5 Å². The number of hydrogen-bond acceptors (Lipinski definition) is 7. The molecule has 2 fully saturated rings. The number of rotatable bonds is 7. The molecule has 0 spiro atoms. The van der Waals surface area contributed by atoms with Crippen LogP contribution in [0.25, 0.3) is 0 Å². The number of hydrogen-bond donors (Lipinski definition) is 1. The van der Waals surface area contributed by atoms with Crippen molar-refractivity contribution in [2.75, 3.05) is 19.8 Å². The number of allylic oxidation sites excluding steroid dienone is 1. The summed E-state index contributed by atoms with van der Waals surface area (Å²) in [6.07, 6.45) is 1.51. The van der Waals surface area contributed by atoms with Gasteiger partial charge < -0.3 is 19.3 Å². The van der Waals surface area contributed by atoms with Crippen LogP contribution in [0.3, 0.4) is 0 Å². The Morgan fingerprint density at radius 2 is 1.25 bits per heavy atom. The van der Waals surface area contributed by atoms with Gasteiger partial charge in [0.25, 0.3) is 0 Å². The smallest absolute Gasteiger partial charge is 0.324 e. The van der Waals surface area contributed by atoms with Crippen LogP contribution in [0, 0.1) is 16.7 Å². The van der Waals surface area contributed by atoms with Crippen LogP contribution in [0.1, 0.15) is 53.4 Å². The predicted octanol–water partition coefficient (Wildman–Crippen LogP) is 2.50. The SMILES string of the molecule is C=C1CC(C(=O)OCC)(C(=O)OCC)C1.CCOC(=O)C1(C(=O)O)CC(C)C1. The van der Waals surface area contributed by atoms with E-state index in [0.29, 0.717) is 31.6 Å². The molecule has 0 aromatic carbocycles. The van der Waals surface area contributed by atoms with E-state index in [0.717, 1.165) is 5.57 Å². The van der Waals surface area contributed by atoms with E-state index in [9.17, 15) is 19.2 Å². The molecule has 0 aromatic rings. The van der Waals surface area contributed by atoms with Crippen molar-refractivity contribution in [2.24, 2.45) is 16.7 Å². The van der Waals surface area contributed by atoms with Crippen LogP contribution in [0.4, 0.5) is 0 Å². The van der Waals surface area contributed by atoms with Crippen LogP contribution in [-0.4, -0.2) is 48.8 Å². The van der Waals surface area contributed by atoms with Crippen molar-refractivity contribution in [2.45, 2.75) is 53.4 Å². The van der Waals surface area contributed by atoms with Crippen LogP contribution in [0.15, 0.2) is 12.2 Å². The summed E-state index contributed by atoms with van der Waals surface area (Å²) in [5, 5.41) is 8.90. The molecular formula is C20H30O8. The second-order valence-corrected chi connectivity index (χ2v) is 7.25. The van der Waals surface area contributed by atoms with Gasteiger partial charge in [-0.05, 0) is 52.4 Å². The fourth-order valence-corrected chi connectivity index (χ4v) is 3.54. The van der Waals surface area contributed by atoms with Gasteiger partial charge in [0.2, 0.25) is 0 Å². The number of ether oxygens (including phenoxy) is 3. The summed E-state index contributed by atoms with van der Waals surface area (Å²) in [4.78, 5) is 45.5. The summed E-state index contributed by atoms with van der Waals surface area (Å²) in [7, 11) is 0. The molecule has 158 valence electrons. The lowest BCUT2D eigenvalue weighted by molar-refractivity contribution is -0.179. The summed E-state index contributed by atoms with van der Waals surface area (Å²) >= 11 is 0. The third kappa shape index (κ3) is 4.72. The van der Waals surface area contributed by atoms with E-state index >= 15 is 0 Å². The Hall–Kier alpha value is -2.38. The van der Waals surface area contributed by atoms with E-state index in [1.807, 2.05) is 6.92 Å². The van der Waals surface area contributed by atoms with Crippen molar-refractivity contribution in [3.63, 3.8) is 0 Å². The lowest BCUT2D eigenvalue weighted by Gasteiger charge is -2.40. The minimum Gasteiger partial charge on any atom is -0.480 e. The topological polar surface area (TPSA) is 116 Å². The van der Waals surface area contributed by atoms with Gasteiger partial charge in [0.1, 0.15) is 0 Å². The van der Waals surface area contributed by atoms with Crippen LogP contribution in [0.2, 0.25) is 0 Å². The Morgan fingerprint density at radius 1 is 0.893 bits per heavy atom. The highest BCUT2D eigenvalue weighted by molar-refractivity contribution is 6.02. The van der Waals surface area contributed by atoms with Crippen LogP contribution in [-0.2, 0) is 33.4 Å². The first-order valence-electron chi connectivity index (χ1n) is 9.51. The molecule has 0 radical (unpaired) electrons. The monoisotopic (exact) mass is 398 g/mol. The highest BCUT2D eigenvalue weighted by atomic mass is 16.6. The van der Waals surface area contributed by atoms with Gasteiger partial charge in [-0.1, -0.05) is 19.1 Å². The maximum Gasteiger partial charge on any atom is 0.324 e. The lowest BCUT2D eigenvalue weighted by atomic mass is 9.62. The van der Waals surface area contributed by atoms with Crippen molar-refractivity contribution in [3.8, 4) is 0 Å². The lowest BCUT2D eigenvalue weighted by Crippen LogP contribution is -2.50. The van der Waals surface area contributed by atoms with Gasteiger partial charge in [-0.3, -0.25) is 19.2 Å². The van der Waals surface area contributed by atoms with Crippen LogP contribution >= 0.6 is 0 Å². The molecule has 0 atom stereocenters. The third-order valence-corrected chi connectivity index (χ3v) is 4.91. The second-order valence-electron chi connectivity index (χ2n) is 7.25. The van der Waals surface area contributed by atoms with Gasteiger partial charge in [-0.15, -0.1) is 0 Å². The summed E-state index contributed by atoms with van der Waals surface area (Å²) in [5.74, 6) is -2.31. The van der Waals surface area contributed by atoms with Gasteiger partial charge in [-0.2, -0.15) is 0 Å². The van der Waals surface area contributed by atoms with Gasteiger partial charge in [0, 0.05) is 0 Å². The zero-order valence-electron chi connectivity index (χ0n) is 17.0. The molecule has 1 N–H and O–H groups in total. The average Bonchev–Trinajstić information content (AvgIpc) is 2.56. The molecule has 0 aromatic heterocycles. The van der Waals surface area contributed by atoms with Gasteiger partial charge in [0.05, 0.1) is 19.8 Å². The first-order chi connectivity index (χ1) is 13.1. The van der Waals surface area contributed by atoms with E-state index < -0.39 is 34.7 Å². The van der Waals surface area contributed by atoms with Crippen molar-refractivity contribution in [1.82, 2.24) is 0 Å². The summed E-state index contributed by atoms with van der Waals surface area (Å²) < 4.78 is 14.5. The van der Waals surface area contributed by atoms with Crippen molar-refractivity contribution >= 4 is 23.9 Å². The molecule has 0 aliphatic heterocycles. The molecule has 2 aliphatic carbocycles. The van der Waals surface area contributed by atoms with Crippen molar-refractivity contribution in [1.29, 1.82) is 0 Å². The number of carboxylic acid groups (broad SMARTS) is 1. The summed E-state index contributed by atoms with van der Waals surface area (Å²) in [5.41, 5.74) is -1.46. The Bertz CT molecular complexity index is 602. The number of esters is 3. The maximum atomic E-state index is 11.6. The third-order valence-electron chi connectivity index (χ3n) is 4.91. The Kier molecular flexibility index (Phi) is 8.20. The zero-order valence-corrected chi connectivity index (χ0v) is 17.0. The number of aliphatic carboxylic acids is 1. The van der Waals surface area contributed by atoms with Crippen LogP contribution < -0.4 is 0 Å². The molecular weight excluding hydrogens is 368 g/mol. The maximum absolute atomic E-state index is 11.6. The molecule has 28 heavy (non-hydrogen) atoms. The van der Waals surface area contributed by atoms with Crippen LogP contribution in [0.5, 0.6) is 0 Å². The minimum atomic E-state index is -1.24. The number of carbonyl (C=O) groups is 4. The average molecular weight is 398 g/mol.